The van der Waals surface area contributed by atoms with Crippen LogP contribution in [0.1, 0.15) is 19.4 Å². The lowest BCUT2D eigenvalue weighted by molar-refractivity contribution is -0.111. The Labute approximate surface area is 95.7 Å². The molecule has 0 aliphatic carbocycles. The van der Waals surface area contributed by atoms with Crippen LogP contribution in [0.2, 0.25) is 0 Å². The van der Waals surface area contributed by atoms with Crippen LogP contribution in [0.5, 0.6) is 0 Å². The van der Waals surface area contributed by atoms with Gasteiger partial charge >= 0.3 is 0 Å². The first-order chi connectivity index (χ1) is 7.27. The van der Waals surface area contributed by atoms with Gasteiger partial charge in [-0.15, -0.1) is 0 Å². The van der Waals surface area contributed by atoms with Crippen molar-refractivity contribution >= 4 is 16.3 Å². The number of nitrogens with one attached hydrogen (secondary N) is 1. The van der Waals surface area contributed by atoms with E-state index in [0.29, 0.717) is 6.29 Å². The third-order valence-electron chi connectivity index (χ3n) is 2.02. The van der Waals surface area contributed by atoms with E-state index >= 15 is 0 Å². The fourth-order valence-electron chi connectivity index (χ4n) is 1.15. The van der Waals surface area contributed by atoms with Crippen LogP contribution in [0.4, 0.5) is 0 Å². The van der Waals surface area contributed by atoms with Gasteiger partial charge in [-0.2, -0.15) is 4.72 Å². The highest BCUT2D eigenvalue weighted by Gasteiger charge is 2.25. The first-order valence-corrected chi connectivity index (χ1v) is 6.32. The number of rotatable bonds is 4. The first kappa shape index (κ1) is 12.9. The number of benzene rings is 1. The molecule has 1 rings (SSSR count). The predicted molar refractivity (Wildman–Crippen MR) is 61.6 cm³/mol. The highest BCUT2D eigenvalue weighted by Crippen LogP contribution is 2.12. The number of hydrogen-bond donors (Lipinski definition) is 1. The van der Waals surface area contributed by atoms with E-state index in [2.05, 4.69) is 4.72 Å². The summed E-state index contributed by atoms with van der Waals surface area (Å²) < 4.78 is 26.0. The number of hydrogen-bond acceptors (Lipinski definition) is 3. The predicted octanol–water partition coefficient (Wildman–Crippen LogP) is 1.25. The summed E-state index contributed by atoms with van der Waals surface area (Å²) in [6.07, 6.45) is 0.568. The summed E-state index contributed by atoms with van der Waals surface area (Å²) in [5.41, 5.74) is -0.113. The lowest BCUT2D eigenvalue weighted by Gasteiger charge is -2.18. The number of aryl methyl sites for hydroxylation is 1. The molecule has 0 bridgehead atoms. The SMILES string of the molecule is Cc1ccc(S(=O)(=O)NC(C)(C)C=O)cc1. The van der Waals surface area contributed by atoms with Crippen LogP contribution in [-0.4, -0.2) is 20.2 Å². The molecule has 4 nitrogen and oxygen atoms in total. The summed E-state index contributed by atoms with van der Waals surface area (Å²) in [5, 5.41) is 0. The monoisotopic (exact) mass is 241 g/mol. The first-order valence-electron chi connectivity index (χ1n) is 4.84. The minimum absolute atomic E-state index is 0.160. The number of carbonyl (C=O) groups is 1. The zero-order chi connectivity index (χ0) is 12.4. The highest BCUT2D eigenvalue weighted by molar-refractivity contribution is 7.89. The van der Waals surface area contributed by atoms with E-state index in [1.165, 1.54) is 26.0 Å². The van der Waals surface area contributed by atoms with Crippen LogP contribution in [-0.2, 0) is 14.8 Å². The molecule has 0 heterocycles. The van der Waals surface area contributed by atoms with Crippen molar-refractivity contribution in [2.75, 3.05) is 0 Å². The van der Waals surface area contributed by atoms with Gasteiger partial charge in [0.25, 0.3) is 0 Å². The van der Waals surface area contributed by atoms with Crippen molar-refractivity contribution in [2.45, 2.75) is 31.2 Å². The Morgan fingerprint density at radius 3 is 2.12 bits per heavy atom. The van der Waals surface area contributed by atoms with Gasteiger partial charge in [-0.25, -0.2) is 8.42 Å². The molecule has 1 N–H and O–H groups in total. The van der Waals surface area contributed by atoms with Crippen molar-refractivity contribution in [3.63, 3.8) is 0 Å². The molecule has 0 atom stereocenters. The molecular formula is C11H15NO3S. The standard InChI is InChI=1S/C11H15NO3S/c1-9-4-6-10(7-5-9)16(14,15)12-11(2,3)8-13/h4-8,12H,1-3H3. The zero-order valence-corrected chi connectivity index (χ0v) is 10.3. The molecule has 0 aliphatic heterocycles. The number of carbonyl (C=O) groups excluding carboxylic acids is 1. The van der Waals surface area contributed by atoms with Crippen molar-refractivity contribution < 1.29 is 13.2 Å². The van der Waals surface area contributed by atoms with Gasteiger partial charge < -0.3 is 4.79 Å². The molecule has 0 fully saturated rings. The Bertz CT molecular complexity index is 474. The van der Waals surface area contributed by atoms with Crippen LogP contribution in [0.15, 0.2) is 29.2 Å². The second kappa shape index (κ2) is 4.35. The van der Waals surface area contributed by atoms with E-state index in [-0.39, 0.29) is 4.90 Å². The van der Waals surface area contributed by atoms with Gasteiger partial charge in [-0.3, -0.25) is 0 Å². The molecule has 0 saturated heterocycles. The van der Waals surface area contributed by atoms with Crippen LogP contribution < -0.4 is 4.72 Å². The molecule has 0 aliphatic rings. The van der Waals surface area contributed by atoms with E-state index in [9.17, 15) is 13.2 Å². The van der Waals surface area contributed by atoms with Gasteiger partial charge in [0.2, 0.25) is 10.0 Å². The lowest BCUT2D eigenvalue weighted by Crippen LogP contribution is -2.44. The van der Waals surface area contributed by atoms with Gasteiger partial charge in [0.15, 0.2) is 0 Å². The van der Waals surface area contributed by atoms with Gasteiger partial charge in [0.05, 0.1) is 10.4 Å². The van der Waals surface area contributed by atoms with Crippen molar-refractivity contribution in [2.24, 2.45) is 0 Å². The lowest BCUT2D eigenvalue weighted by atomic mass is 10.1. The minimum atomic E-state index is -3.63. The van der Waals surface area contributed by atoms with Gasteiger partial charge in [-0.1, -0.05) is 17.7 Å². The Kier molecular flexibility index (Phi) is 3.50. The van der Waals surface area contributed by atoms with Gasteiger partial charge in [0.1, 0.15) is 6.29 Å². The maximum absolute atomic E-state index is 11.8. The number of sulfonamides is 1. The minimum Gasteiger partial charge on any atom is -0.301 e. The van der Waals surface area contributed by atoms with Gasteiger partial charge in [0, 0.05) is 0 Å². The average Bonchev–Trinajstić information content (AvgIpc) is 2.17. The normalized spacial score (nSPS) is 12.4. The third kappa shape index (κ3) is 3.15. The van der Waals surface area contributed by atoms with E-state index in [1.54, 1.807) is 12.1 Å². The molecule has 1 aromatic rings. The molecule has 0 amide bonds. The van der Waals surface area contributed by atoms with Crippen LogP contribution >= 0.6 is 0 Å². The Morgan fingerprint density at radius 2 is 1.69 bits per heavy atom. The quantitative estimate of drug-likeness (QED) is 0.807. The van der Waals surface area contributed by atoms with E-state index in [4.69, 9.17) is 0 Å². The molecule has 16 heavy (non-hydrogen) atoms. The Hall–Kier alpha value is -1.20. The summed E-state index contributed by atoms with van der Waals surface area (Å²) in [7, 11) is -3.63. The molecule has 88 valence electrons. The highest BCUT2D eigenvalue weighted by atomic mass is 32.2. The Morgan fingerprint density at radius 1 is 1.19 bits per heavy atom. The average molecular weight is 241 g/mol. The van der Waals surface area contributed by atoms with Crippen molar-refractivity contribution in [3.8, 4) is 0 Å². The topological polar surface area (TPSA) is 63.2 Å². The van der Waals surface area contributed by atoms with Crippen LogP contribution in [0.25, 0.3) is 0 Å². The summed E-state index contributed by atoms with van der Waals surface area (Å²) in [6, 6.07) is 6.45. The third-order valence-corrected chi connectivity index (χ3v) is 3.71. The fourth-order valence-corrected chi connectivity index (χ4v) is 2.50. The van der Waals surface area contributed by atoms with Gasteiger partial charge in [-0.05, 0) is 32.9 Å². The molecule has 0 aromatic heterocycles. The molecule has 0 saturated carbocycles. The zero-order valence-electron chi connectivity index (χ0n) is 9.52. The smallest absolute Gasteiger partial charge is 0.241 e. The van der Waals surface area contributed by atoms with Crippen molar-refractivity contribution in [1.29, 1.82) is 0 Å². The van der Waals surface area contributed by atoms with E-state index in [0.717, 1.165) is 5.56 Å². The summed E-state index contributed by atoms with van der Waals surface area (Å²) in [4.78, 5) is 10.8. The molecule has 0 radical (unpaired) electrons. The van der Waals surface area contributed by atoms with Crippen molar-refractivity contribution in [1.82, 2.24) is 4.72 Å². The van der Waals surface area contributed by atoms with Crippen LogP contribution in [0.3, 0.4) is 0 Å². The molecule has 0 spiro atoms. The Balaban J connectivity index is 3.04. The molecular weight excluding hydrogens is 226 g/mol. The van der Waals surface area contributed by atoms with Crippen molar-refractivity contribution in [3.05, 3.63) is 29.8 Å². The second-order valence-electron chi connectivity index (χ2n) is 4.26. The second-order valence-corrected chi connectivity index (χ2v) is 5.94. The molecule has 5 heteroatoms. The maximum atomic E-state index is 11.8. The summed E-state index contributed by atoms with van der Waals surface area (Å²) in [6.45, 7) is 4.89. The largest absolute Gasteiger partial charge is 0.301 e. The summed E-state index contributed by atoms with van der Waals surface area (Å²) in [5.74, 6) is 0. The summed E-state index contributed by atoms with van der Waals surface area (Å²) >= 11 is 0. The van der Waals surface area contributed by atoms with E-state index in [1.807, 2.05) is 6.92 Å². The van der Waals surface area contributed by atoms with E-state index < -0.39 is 15.6 Å². The number of aldehydes is 1. The fraction of sp³-hybridized carbons (Fsp3) is 0.364. The maximum Gasteiger partial charge on any atom is 0.241 e. The molecule has 0 unspecified atom stereocenters. The molecule has 1 aromatic carbocycles. The van der Waals surface area contributed by atoms with Crippen LogP contribution in [0, 0.1) is 6.92 Å².